The Hall–Kier alpha value is -8.93. The molecule has 0 atom stereocenters. The quantitative estimate of drug-likeness (QED) is 0.173. The van der Waals surface area contributed by atoms with Crippen molar-refractivity contribution >= 4 is 86.8 Å². The summed E-state index contributed by atoms with van der Waals surface area (Å²) in [4.78, 5) is 15.7. The standard InChI is InChI=1S/C61H36N4O/c1-2-15-39(16-3-1)59-62-60(43-27-29-49-48-22-10-11-24-56(48)66-57(49)36-43)64-61(63-59)51-31-32-54(52-34-42(26-28-47(51)52)45-23-12-19-37-13-6-8-20-44(37)45)65-55-35-41-18-5-4-17-40(41)33-53(55)50-30-25-38-14-7-9-21-46(38)58(50)65/h1-36H. The van der Waals surface area contributed by atoms with Crippen molar-refractivity contribution < 1.29 is 4.42 Å². The highest BCUT2D eigenvalue weighted by Gasteiger charge is 2.22. The Balaban J connectivity index is 1.07. The molecule has 0 N–H and O–H groups in total. The van der Waals surface area contributed by atoms with Crippen molar-refractivity contribution in [3.8, 4) is 51.0 Å². The predicted molar refractivity (Wildman–Crippen MR) is 273 cm³/mol. The summed E-state index contributed by atoms with van der Waals surface area (Å²) >= 11 is 0. The van der Waals surface area contributed by atoms with E-state index in [0.29, 0.717) is 17.5 Å². The molecule has 0 aliphatic heterocycles. The van der Waals surface area contributed by atoms with Crippen LogP contribution < -0.4 is 0 Å². The maximum atomic E-state index is 6.36. The number of hydrogen-bond donors (Lipinski definition) is 0. The van der Waals surface area contributed by atoms with Crippen molar-refractivity contribution in [2.24, 2.45) is 0 Å². The molecule has 5 heteroatoms. The number of nitrogens with zero attached hydrogens (tertiary/aromatic N) is 4. The van der Waals surface area contributed by atoms with E-state index in [2.05, 4.69) is 187 Å². The van der Waals surface area contributed by atoms with Gasteiger partial charge in [-0.2, -0.15) is 0 Å². The molecule has 0 radical (unpaired) electrons. The molecule has 0 saturated heterocycles. The van der Waals surface area contributed by atoms with E-state index in [1.807, 2.05) is 36.4 Å². The molecule has 0 aliphatic carbocycles. The third-order valence-corrected chi connectivity index (χ3v) is 13.4. The van der Waals surface area contributed by atoms with Crippen LogP contribution in [0.3, 0.4) is 0 Å². The van der Waals surface area contributed by atoms with E-state index in [1.165, 1.54) is 54.2 Å². The van der Waals surface area contributed by atoms with Gasteiger partial charge in [-0.05, 0) is 92.0 Å². The normalized spacial score (nSPS) is 11.9. The molecular formula is C61H36N4O. The van der Waals surface area contributed by atoms with Crippen LogP contribution in [0.4, 0.5) is 0 Å². The molecular weight excluding hydrogens is 805 g/mol. The minimum atomic E-state index is 0.576. The number of hydrogen-bond acceptors (Lipinski definition) is 4. The number of furan rings is 1. The lowest BCUT2D eigenvalue weighted by molar-refractivity contribution is 0.669. The van der Waals surface area contributed by atoms with E-state index in [4.69, 9.17) is 19.4 Å². The van der Waals surface area contributed by atoms with Gasteiger partial charge in [0.2, 0.25) is 0 Å². The molecule has 0 unspecified atom stereocenters. The molecule has 14 rings (SSSR count). The fourth-order valence-corrected chi connectivity index (χ4v) is 10.3. The number of benzene rings is 11. The average Bonchev–Trinajstić information content (AvgIpc) is 3.92. The van der Waals surface area contributed by atoms with Crippen molar-refractivity contribution in [1.82, 2.24) is 19.5 Å². The Morgan fingerprint density at radius 1 is 0.303 bits per heavy atom. The first-order valence-electron chi connectivity index (χ1n) is 22.3. The van der Waals surface area contributed by atoms with Crippen LogP contribution in [0.5, 0.6) is 0 Å². The summed E-state index contributed by atoms with van der Waals surface area (Å²) in [6, 6.07) is 77.8. The van der Waals surface area contributed by atoms with Gasteiger partial charge in [-0.3, -0.25) is 0 Å². The zero-order chi connectivity index (χ0) is 43.3. The van der Waals surface area contributed by atoms with Crippen LogP contribution in [0.25, 0.3) is 138 Å². The van der Waals surface area contributed by atoms with Crippen molar-refractivity contribution in [2.45, 2.75) is 0 Å². The minimum absolute atomic E-state index is 0.576. The molecule has 3 heterocycles. The van der Waals surface area contributed by atoms with Gasteiger partial charge in [0.05, 0.1) is 16.7 Å². The Bertz CT molecular complexity index is 4290. The topological polar surface area (TPSA) is 56.7 Å². The maximum absolute atomic E-state index is 6.36. The Morgan fingerprint density at radius 2 is 0.924 bits per heavy atom. The van der Waals surface area contributed by atoms with E-state index >= 15 is 0 Å². The van der Waals surface area contributed by atoms with E-state index in [9.17, 15) is 0 Å². The second-order valence-corrected chi connectivity index (χ2v) is 17.1. The van der Waals surface area contributed by atoms with Crippen LogP contribution in [0, 0.1) is 0 Å². The van der Waals surface area contributed by atoms with Crippen LogP contribution in [-0.4, -0.2) is 19.5 Å². The first-order chi connectivity index (χ1) is 32.7. The van der Waals surface area contributed by atoms with Gasteiger partial charge in [-0.1, -0.05) is 170 Å². The summed E-state index contributed by atoms with van der Waals surface area (Å²) in [7, 11) is 0. The third-order valence-electron chi connectivity index (χ3n) is 13.4. The summed E-state index contributed by atoms with van der Waals surface area (Å²) in [5.41, 5.74) is 10.0. The summed E-state index contributed by atoms with van der Waals surface area (Å²) in [5, 5.41) is 13.9. The van der Waals surface area contributed by atoms with Gasteiger partial charge < -0.3 is 8.98 Å². The molecule has 306 valence electrons. The van der Waals surface area contributed by atoms with E-state index < -0.39 is 0 Å². The molecule has 0 fully saturated rings. The molecule has 3 aromatic heterocycles. The van der Waals surface area contributed by atoms with Crippen LogP contribution in [-0.2, 0) is 0 Å². The Kier molecular flexibility index (Phi) is 7.91. The number of aromatic nitrogens is 4. The molecule has 0 saturated carbocycles. The van der Waals surface area contributed by atoms with Crippen molar-refractivity contribution in [1.29, 1.82) is 0 Å². The second kappa shape index (κ2) is 14.3. The maximum Gasteiger partial charge on any atom is 0.164 e. The molecule has 14 aromatic rings. The predicted octanol–water partition coefficient (Wildman–Crippen LogP) is 16.1. The molecule has 11 aromatic carbocycles. The largest absolute Gasteiger partial charge is 0.456 e. The van der Waals surface area contributed by atoms with Crippen molar-refractivity contribution in [2.75, 3.05) is 0 Å². The van der Waals surface area contributed by atoms with Gasteiger partial charge in [0, 0.05) is 49.0 Å². The molecule has 66 heavy (non-hydrogen) atoms. The third kappa shape index (κ3) is 5.63. The van der Waals surface area contributed by atoms with Crippen LogP contribution in [0.15, 0.2) is 223 Å². The first-order valence-corrected chi connectivity index (χ1v) is 22.3. The molecule has 0 bridgehead atoms. The lowest BCUT2D eigenvalue weighted by Crippen LogP contribution is -2.02. The SMILES string of the molecule is c1ccc(-c2nc(-c3ccc4c(c3)oc3ccccc34)nc(-c3ccc(-n4c5cc6ccccc6cc5c5ccc6ccccc6c54)c4cc(-c5cccc6ccccc56)ccc34)n2)cc1. The highest BCUT2D eigenvalue weighted by Crippen LogP contribution is 2.43. The van der Waals surface area contributed by atoms with Crippen molar-refractivity contribution in [3.05, 3.63) is 218 Å². The first kappa shape index (κ1) is 36.5. The lowest BCUT2D eigenvalue weighted by Gasteiger charge is -2.17. The molecule has 0 spiro atoms. The fourth-order valence-electron chi connectivity index (χ4n) is 10.3. The van der Waals surface area contributed by atoms with Gasteiger partial charge in [0.25, 0.3) is 0 Å². The Morgan fingerprint density at radius 3 is 1.77 bits per heavy atom. The number of rotatable bonds is 5. The van der Waals surface area contributed by atoms with Crippen molar-refractivity contribution in [3.63, 3.8) is 0 Å². The minimum Gasteiger partial charge on any atom is -0.456 e. The van der Waals surface area contributed by atoms with Gasteiger partial charge in [-0.25, -0.2) is 15.0 Å². The molecule has 0 aliphatic rings. The van der Waals surface area contributed by atoms with Crippen LogP contribution in [0.1, 0.15) is 0 Å². The zero-order valence-electron chi connectivity index (χ0n) is 35.5. The lowest BCUT2D eigenvalue weighted by atomic mass is 9.94. The summed E-state index contributed by atoms with van der Waals surface area (Å²) in [6.07, 6.45) is 0. The highest BCUT2D eigenvalue weighted by molar-refractivity contribution is 6.22. The number of fused-ring (bicyclic) bond motifs is 11. The second-order valence-electron chi connectivity index (χ2n) is 17.1. The summed E-state index contributed by atoms with van der Waals surface area (Å²) in [6.45, 7) is 0. The van der Waals surface area contributed by atoms with E-state index in [0.717, 1.165) is 66.2 Å². The van der Waals surface area contributed by atoms with Gasteiger partial charge in [0.1, 0.15) is 11.2 Å². The smallest absolute Gasteiger partial charge is 0.164 e. The molecule has 0 amide bonds. The van der Waals surface area contributed by atoms with E-state index in [-0.39, 0.29) is 0 Å². The zero-order valence-corrected chi connectivity index (χ0v) is 35.5. The van der Waals surface area contributed by atoms with Crippen LogP contribution in [0.2, 0.25) is 0 Å². The summed E-state index contributed by atoms with van der Waals surface area (Å²) < 4.78 is 8.86. The van der Waals surface area contributed by atoms with E-state index in [1.54, 1.807) is 0 Å². The molecule has 5 nitrogen and oxygen atoms in total. The summed E-state index contributed by atoms with van der Waals surface area (Å²) in [5.74, 6) is 1.77. The monoisotopic (exact) mass is 840 g/mol. The Labute approximate surface area is 378 Å². The van der Waals surface area contributed by atoms with Gasteiger partial charge in [-0.15, -0.1) is 0 Å². The van der Waals surface area contributed by atoms with Gasteiger partial charge >= 0.3 is 0 Å². The highest BCUT2D eigenvalue weighted by atomic mass is 16.3. The average molecular weight is 841 g/mol. The van der Waals surface area contributed by atoms with Gasteiger partial charge in [0.15, 0.2) is 17.5 Å². The number of para-hydroxylation sites is 1. The fraction of sp³-hybridized carbons (Fsp3) is 0. The van der Waals surface area contributed by atoms with Crippen LogP contribution >= 0.6 is 0 Å².